The van der Waals surface area contributed by atoms with Crippen LogP contribution in [0.25, 0.3) is 16.6 Å². The molecule has 0 unspecified atom stereocenters. The van der Waals surface area contributed by atoms with E-state index in [0.717, 1.165) is 44.5 Å². The molecule has 1 aliphatic heterocycles. The number of para-hydroxylation sites is 1. The molecule has 5 rings (SSSR count). The molecule has 2 heterocycles. The van der Waals surface area contributed by atoms with Crippen LogP contribution in [0.4, 0.5) is 5.95 Å². The lowest BCUT2D eigenvalue weighted by atomic mass is 10.1. The van der Waals surface area contributed by atoms with Crippen LogP contribution in [0.15, 0.2) is 53.3 Å². The molecule has 160 valence electrons. The average molecular weight is 417 g/mol. The summed E-state index contributed by atoms with van der Waals surface area (Å²) >= 11 is 0. The largest absolute Gasteiger partial charge is 0.349 e. The molecular formula is C25H28N4O2. The SMILES string of the molecule is O=C(NC1CCCC1)c1ccc2c(=O)n(-c3ccccc3)c(N3CCCCC3)nc2c1. The molecule has 1 N–H and O–H groups in total. The summed E-state index contributed by atoms with van der Waals surface area (Å²) in [5, 5.41) is 3.66. The molecule has 0 spiro atoms. The summed E-state index contributed by atoms with van der Waals surface area (Å²) in [7, 11) is 0. The van der Waals surface area contributed by atoms with Crippen molar-refractivity contribution in [2.24, 2.45) is 0 Å². The van der Waals surface area contributed by atoms with E-state index in [9.17, 15) is 9.59 Å². The van der Waals surface area contributed by atoms with Crippen molar-refractivity contribution in [3.8, 4) is 5.69 Å². The van der Waals surface area contributed by atoms with Gasteiger partial charge in [0.1, 0.15) is 0 Å². The number of benzene rings is 2. The van der Waals surface area contributed by atoms with Gasteiger partial charge in [0.2, 0.25) is 5.95 Å². The van der Waals surface area contributed by atoms with Crippen molar-refractivity contribution in [2.45, 2.75) is 51.0 Å². The van der Waals surface area contributed by atoms with E-state index in [0.29, 0.717) is 22.4 Å². The molecule has 0 bridgehead atoms. The van der Waals surface area contributed by atoms with Crippen molar-refractivity contribution in [3.63, 3.8) is 0 Å². The van der Waals surface area contributed by atoms with Gasteiger partial charge in [0.05, 0.1) is 16.6 Å². The van der Waals surface area contributed by atoms with E-state index in [1.807, 2.05) is 30.3 Å². The Bertz CT molecular complexity index is 1140. The summed E-state index contributed by atoms with van der Waals surface area (Å²) in [6.07, 6.45) is 7.80. The van der Waals surface area contributed by atoms with Crippen LogP contribution in [0.2, 0.25) is 0 Å². The minimum atomic E-state index is -0.0977. The first kappa shape index (κ1) is 19.8. The van der Waals surface area contributed by atoms with Gasteiger partial charge in [0, 0.05) is 24.7 Å². The van der Waals surface area contributed by atoms with Gasteiger partial charge in [-0.1, -0.05) is 31.0 Å². The van der Waals surface area contributed by atoms with Gasteiger partial charge in [0.25, 0.3) is 11.5 Å². The van der Waals surface area contributed by atoms with Crippen LogP contribution in [0.3, 0.4) is 0 Å². The lowest BCUT2D eigenvalue weighted by Crippen LogP contribution is -2.36. The number of piperidine rings is 1. The van der Waals surface area contributed by atoms with Gasteiger partial charge in [-0.2, -0.15) is 0 Å². The number of anilines is 1. The quantitative estimate of drug-likeness (QED) is 0.697. The van der Waals surface area contributed by atoms with Crippen LogP contribution >= 0.6 is 0 Å². The molecule has 0 radical (unpaired) electrons. The van der Waals surface area contributed by atoms with E-state index < -0.39 is 0 Å². The van der Waals surface area contributed by atoms with Crippen molar-refractivity contribution in [2.75, 3.05) is 18.0 Å². The lowest BCUT2D eigenvalue weighted by Gasteiger charge is -2.30. The Hall–Kier alpha value is -3.15. The number of carbonyl (C=O) groups is 1. The molecule has 2 fully saturated rings. The second-order valence-electron chi connectivity index (χ2n) is 8.62. The van der Waals surface area contributed by atoms with Gasteiger partial charge in [0.15, 0.2) is 0 Å². The van der Waals surface area contributed by atoms with Crippen LogP contribution in [-0.2, 0) is 0 Å². The molecule has 6 nitrogen and oxygen atoms in total. The standard InChI is InChI=1S/C25H28N4O2/c30-23(26-19-9-5-6-10-19)18-13-14-21-22(17-18)27-25(28-15-7-2-8-16-28)29(24(21)31)20-11-3-1-4-12-20/h1,3-4,11-14,17,19H,2,5-10,15-16H2,(H,26,30). The number of nitrogens with one attached hydrogen (secondary N) is 1. The maximum Gasteiger partial charge on any atom is 0.267 e. The molecular weight excluding hydrogens is 388 g/mol. The van der Waals surface area contributed by atoms with Crippen LogP contribution < -0.4 is 15.8 Å². The predicted molar refractivity (Wildman–Crippen MR) is 123 cm³/mol. The number of rotatable bonds is 4. The molecule has 1 saturated carbocycles. The molecule has 1 aliphatic carbocycles. The summed E-state index contributed by atoms with van der Waals surface area (Å²) in [5.41, 5.74) is 1.86. The van der Waals surface area contributed by atoms with Crippen molar-refractivity contribution >= 4 is 22.8 Å². The van der Waals surface area contributed by atoms with Crippen molar-refractivity contribution in [1.82, 2.24) is 14.9 Å². The molecule has 1 saturated heterocycles. The van der Waals surface area contributed by atoms with Gasteiger partial charge >= 0.3 is 0 Å². The van der Waals surface area contributed by atoms with E-state index >= 15 is 0 Å². The van der Waals surface area contributed by atoms with Crippen LogP contribution in [-0.4, -0.2) is 34.6 Å². The minimum Gasteiger partial charge on any atom is -0.349 e. The van der Waals surface area contributed by atoms with E-state index in [1.54, 1.807) is 22.8 Å². The highest BCUT2D eigenvalue weighted by atomic mass is 16.1. The van der Waals surface area contributed by atoms with Gasteiger partial charge in [-0.15, -0.1) is 0 Å². The maximum atomic E-state index is 13.5. The number of aromatic nitrogens is 2. The van der Waals surface area contributed by atoms with Gasteiger partial charge < -0.3 is 10.2 Å². The highest BCUT2D eigenvalue weighted by Crippen LogP contribution is 2.24. The van der Waals surface area contributed by atoms with Crippen LogP contribution in [0.5, 0.6) is 0 Å². The summed E-state index contributed by atoms with van der Waals surface area (Å²) in [6, 6.07) is 15.2. The number of carbonyl (C=O) groups excluding carboxylic acids is 1. The van der Waals surface area contributed by atoms with E-state index in [2.05, 4.69) is 10.2 Å². The molecule has 2 aliphatic rings. The first-order valence-corrected chi connectivity index (χ1v) is 11.4. The van der Waals surface area contributed by atoms with Crippen molar-refractivity contribution in [3.05, 3.63) is 64.4 Å². The number of nitrogens with zero attached hydrogens (tertiary/aromatic N) is 3. The Morgan fingerprint density at radius 1 is 0.935 bits per heavy atom. The van der Waals surface area contributed by atoms with E-state index in [-0.39, 0.29) is 17.5 Å². The summed E-state index contributed by atoms with van der Waals surface area (Å²) in [6.45, 7) is 1.76. The summed E-state index contributed by atoms with van der Waals surface area (Å²) in [4.78, 5) is 33.4. The molecule has 1 aromatic heterocycles. The molecule has 0 atom stereocenters. The molecule has 1 amide bonds. The first-order chi connectivity index (χ1) is 15.2. The number of fused-ring (bicyclic) bond motifs is 1. The predicted octanol–water partition coefficient (Wildman–Crippen LogP) is 4.05. The molecule has 31 heavy (non-hydrogen) atoms. The zero-order valence-electron chi connectivity index (χ0n) is 17.7. The second kappa shape index (κ2) is 8.53. The smallest absolute Gasteiger partial charge is 0.267 e. The highest BCUT2D eigenvalue weighted by Gasteiger charge is 2.22. The normalized spacial score (nSPS) is 17.2. The number of hydrogen-bond acceptors (Lipinski definition) is 4. The highest BCUT2D eigenvalue weighted by molar-refractivity contribution is 5.98. The third-order valence-corrected chi connectivity index (χ3v) is 6.46. The fraction of sp³-hybridized carbons (Fsp3) is 0.400. The van der Waals surface area contributed by atoms with E-state index in [4.69, 9.17) is 4.98 Å². The summed E-state index contributed by atoms with van der Waals surface area (Å²) < 4.78 is 1.71. The summed E-state index contributed by atoms with van der Waals surface area (Å²) in [5.74, 6) is 0.583. The fourth-order valence-corrected chi connectivity index (χ4v) is 4.77. The Labute approximate surface area is 181 Å². The van der Waals surface area contributed by atoms with Crippen molar-refractivity contribution < 1.29 is 4.79 Å². The van der Waals surface area contributed by atoms with Crippen LogP contribution in [0.1, 0.15) is 55.3 Å². The zero-order valence-corrected chi connectivity index (χ0v) is 17.7. The Morgan fingerprint density at radius 3 is 2.42 bits per heavy atom. The lowest BCUT2D eigenvalue weighted by molar-refractivity contribution is 0.0938. The number of amides is 1. The van der Waals surface area contributed by atoms with Crippen LogP contribution in [0, 0.1) is 0 Å². The van der Waals surface area contributed by atoms with Gasteiger partial charge in [-0.25, -0.2) is 9.55 Å². The monoisotopic (exact) mass is 416 g/mol. The van der Waals surface area contributed by atoms with Crippen molar-refractivity contribution in [1.29, 1.82) is 0 Å². The Balaban J connectivity index is 1.60. The third kappa shape index (κ3) is 3.94. The van der Waals surface area contributed by atoms with Gasteiger partial charge in [-0.3, -0.25) is 9.59 Å². The minimum absolute atomic E-state index is 0.0811. The number of hydrogen-bond donors (Lipinski definition) is 1. The van der Waals surface area contributed by atoms with E-state index in [1.165, 1.54) is 19.3 Å². The Morgan fingerprint density at radius 2 is 1.68 bits per heavy atom. The first-order valence-electron chi connectivity index (χ1n) is 11.4. The molecule has 2 aromatic carbocycles. The second-order valence-corrected chi connectivity index (χ2v) is 8.62. The molecule has 6 heteroatoms. The third-order valence-electron chi connectivity index (χ3n) is 6.46. The molecule has 3 aromatic rings. The zero-order chi connectivity index (χ0) is 21.2. The Kier molecular flexibility index (Phi) is 5.45. The van der Waals surface area contributed by atoms with Gasteiger partial charge in [-0.05, 0) is 62.4 Å². The maximum absolute atomic E-state index is 13.5. The fourth-order valence-electron chi connectivity index (χ4n) is 4.77. The topological polar surface area (TPSA) is 67.2 Å². The average Bonchev–Trinajstić information content (AvgIpc) is 3.33.